The Hall–Kier alpha value is -2.77. The van der Waals surface area contributed by atoms with Crippen molar-refractivity contribution in [3.05, 3.63) is 77.0 Å². The number of benzene rings is 2. The van der Waals surface area contributed by atoms with Crippen molar-refractivity contribution in [3.8, 4) is 11.4 Å². The maximum Gasteiger partial charge on any atom is 0.236 e. The first-order chi connectivity index (χ1) is 14.5. The molecule has 1 fully saturated rings. The smallest absolute Gasteiger partial charge is 0.236 e. The lowest BCUT2D eigenvalue weighted by Gasteiger charge is -2.30. The van der Waals surface area contributed by atoms with Crippen molar-refractivity contribution in [2.75, 3.05) is 13.1 Å². The second kappa shape index (κ2) is 8.93. The van der Waals surface area contributed by atoms with Gasteiger partial charge in [0.1, 0.15) is 0 Å². The molecule has 2 aromatic carbocycles. The lowest BCUT2D eigenvalue weighted by molar-refractivity contribution is 0.248. The summed E-state index contributed by atoms with van der Waals surface area (Å²) < 4.78 is 32.6. The summed E-state index contributed by atoms with van der Waals surface area (Å²) >= 11 is 0. The zero-order valence-electron chi connectivity index (χ0n) is 16.9. The molecule has 0 amide bonds. The summed E-state index contributed by atoms with van der Waals surface area (Å²) in [4.78, 5) is 4.54. The molecular weight excluding hydrogens is 398 g/mol. The van der Waals surface area contributed by atoms with Crippen LogP contribution in [0.3, 0.4) is 0 Å². The van der Waals surface area contributed by atoms with E-state index in [-0.39, 0.29) is 5.92 Å². The summed E-state index contributed by atoms with van der Waals surface area (Å²) in [6.07, 6.45) is 3.98. The number of nitrogens with zero attached hydrogens (tertiary/aromatic N) is 3. The van der Waals surface area contributed by atoms with E-state index >= 15 is 0 Å². The van der Waals surface area contributed by atoms with Crippen LogP contribution in [-0.2, 0) is 16.4 Å². The van der Waals surface area contributed by atoms with Crippen molar-refractivity contribution in [3.63, 3.8) is 0 Å². The Bertz CT molecular complexity index is 1120. The average molecular weight is 424 g/mol. The fraction of sp³-hybridized carbons (Fsp3) is 0.304. The minimum Gasteiger partial charge on any atom is -0.339 e. The number of rotatable bonds is 6. The van der Waals surface area contributed by atoms with Crippen molar-refractivity contribution in [1.82, 2.24) is 14.4 Å². The molecule has 0 saturated carbocycles. The Kier molecular flexibility index (Phi) is 6.11. The quantitative estimate of drug-likeness (QED) is 0.591. The number of aromatic nitrogens is 2. The van der Waals surface area contributed by atoms with Gasteiger partial charge in [-0.15, -0.1) is 0 Å². The second-order valence-electron chi connectivity index (χ2n) is 7.66. The fourth-order valence-electron chi connectivity index (χ4n) is 3.76. The van der Waals surface area contributed by atoms with Crippen LogP contribution < -0.4 is 0 Å². The van der Waals surface area contributed by atoms with Crippen LogP contribution in [0, 0.1) is 12.8 Å². The van der Waals surface area contributed by atoms with Gasteiger partial charge in [0.15, 0.2) is 0 Å². The van der Waals surface area contributed by atoms with Crippen LogP contribution in [0.4, 0.5) is 0 Å². The third-order valence-electron chi connectivity index (χ3n) is 5.39. The summed E-state index contributed by atoms with van der Waals surface area (Å²) in [6.45, 7) is 3.01. The molecule has 6 nitrogen and oxygen atoms in total. The summed E-state index contributed by atoms with van der Waals surface area (Å²) in [5.41, 5.74) is 2.90. The SMILES string of the molecule is Cc1ccccc1-c1noc(CC2CCCN(S(=O)(=O)/C=C/c3ccccc3)C2)n1. The van der Waals surface area contributed by atoms with Gasteiger partial charge in [0.25, 0.3) is 0 Å². The molecule has 1 atom stereocenters. The fourth-order valence-corrected chi connectivity index (χ4v) is 5.06. The Labute approximate surface area is 177 Å². The van der Waals surface area contributed by atoms with Gasteiger partial charge in [0.05, 0.1) is 0 Å². The van der Waals surface area contributed by atoms with Crippen LogP contribution in [0.5, 0.6) is 0 Å². The summed E-state index contributed by atoms with van der Waals surface area (Å²) in [5.74, 6) is 1.29. The molecule has 0 N–H and O–H groups in total. The molecule has 0 aliphatic carbocycles. The van der Waals surface area contributed by atoms with Crippen LogP contribution in [0.1, 0.15) is 29.9 Å². The highest BCUT2D eigenvalue weighted by Gasteiger charge is 2.28. The molecule has 30 heavy (non-hydrogen) atoms. The maximum atomic E-state index is 12.8. The molecule has 7 heteroatoms. The molecule has 1 aromatic heterocycles. The predicted octanol–water partition coefficient (Wildman–Crippen LogP) is 4.30. The third kappa shape index (κ3) is 4.86. The first-order valence-corrected chi connectivity index (χ1v) is 11.6. The van der Waals surface area contributed by atoms with Gasteiger partial charge in [-0.25, -0.2) is 8.42 Å². The minimum absolute atomic E-state index is 0.156. The molecule has 156 valence electrons. The second-order valence-corrected chi connectivity index (χ2v) is 9.47. The maximum absolute atomic E-state index is 12.8. The molecule has 0 radical (unpaired) electrons. The van der Waals surface area contributed by atoms with Gasteiger partial charge in [-0.3, -0.25) is 0 Å². The number of sulfonamides is 1. The molecule has 1 aliphatic heterocycles. The molecule has 2 heterocycles. The molecule has 3 aromatic rings. The Morgan fingerprint density at radius 1 is 1.13 bits per heavy atom. The molecule has 1 saturated heterocycles. The zero-order chi connectivity index (χ0) is 21.0. The van der Waals surface area contributed by atoms with Gasteiger partial charge in [-0.1, -0.05) is 59.8 Å². The monoisotopic (exact) mass is 423 g/mol. The van der Waals surface area contributed by atoms with E-state index < -0.39 is 10.0 Å². The highest BCUT2D eigenvalue weighted by Crippen LogP contribution is 2.25. The Balaban J connectivity index is 1.42. The first-order valence-electron chi connectivity index (χ1n) is 10.1. The van der Waals surface area contributed by atoms with Gasteiger partial charge in [-0.2, -0.15) is 9.29 Å². The van der Waals surface area contributed by atoms with Crippen LogP contribution in [-0.4, -0.2) is 36.0 Å². The van der Waals surface area contributed by atoms with Crippen molar-refractivity contribution in [2.45, 2.75) is 26.2 Å². The summed E-state index contributed by atoms with van der Waals surface area (Å²) in [6, 6.07) is 17.4. The van der Waals surface area contributed by atoms with E-state index in [1.165, 1.54) is 5.41 Å². The largest absolute Gasteiger partial charge is 0.339 e. The molecule has 0 bridgehead atoms. The minimum atomic E-state index is -3.46. The third-order valence-corrected chi connectivity index (χ3v) is 6.92. The number of hydrogen-bond donors (Lipinski definition) is 0. The van der Waals surface area contributed by atoms with E-state index in [0.29, 0.717) is 31.2 Å². The van der Waals surface area contributed by atoms with E-state index in [1.807, 2.05) is 61.5 Å². The van der Waals surface area contributed by atoms with Crippen LogP contribution >= 0.6 is 0 Å². The predicted molar refractivity (Wildman–Crippen MR) is 117 cm³/mol. The highest BCUT2D eigenvalue weighted by atomic mass is 32.2. The Morgan fingerprint density at radius 3 is 2.70 bits per heavy atom. The summed E-state index contributed by atoms with van der Waals surface area (Å²) in [5, 5.41) is 5.41. The van der Waals surface area contributed by atoms with Gasteiger partial charge in [0, 0.05) is 30.5 Å². The molecular formula is C23H25N3O3S. The Morgan fingerprint density at radius 2 is 1.90 bits per heavy atom. The van der Waals surface area contributed by atoms with Gasteiger partial charge in [0.2, 0.25) is 21.7 Å². The van der Waals surface area contributed by atoms with Crippen LogP contribution in [0.15, 0.2) is 64.5 Å². The van der Waals surface area contributed by atoms with E-state index in [9.17, 15) is 8.42 Å². The number of piperidine rings is 1. The van der Waals surface area contributed by atoms with E-state index in [1.54, 1.807) is 10.4 Å². The number of aryl methyl sites for hydroxylation is 1. The molecule has 0 spiro atoms. The van der Waals surface area contributed by atoms with Crippen LogP contribution in [0.25, 0.3) is 17.5 Å². The summed E-state index contributed by atoms with van der Waals surface area (Å²) in [7, 11) is -3.46. The molecule has 1 unspecified atom stereocenters. The van der Waals surface area contributed by atoms with Gasteiger partial charge >= 0.3 is 0 Å². The highest BCUT2D eigenvalue weighted by molar-refractivity contribution is 7.92. The molecule has 1 aliphatic rings. The van der Waals surface area contributed by atoms with Crippen LogP contribution in [0.2, 0.25) is 0 Å². The zero-order valence-corrected chi connectivity index (χ0v) is 17.8. The van der Waals surface area contributed by atoms with E-state index in [2.05, 4.69) is 10.1 Å². The lowest BCUT2D eigenvalue weighted by Crippen LogP contribution is -2.39. The average Bonchev–Trinajstić information content (AvgIpc) is 3.22. The van der Waals surface area contributed by atoms with Crippen molar-refractivity contribution < 1.29 is 12.9 Å². The topological polar surface area (TPSA) is 76.3 Å². The van der Waals surface area contributed by atoms with Crippen molar-refractivity contribution in [1.29, 1.82) is 0 Å². The van der Waals surface area contributed by atoms with Crippen molar-refractivity contribution in [2.24, 2.45) is 5.92 Å². The standard InChI is InChI=1S/C23H25N3O3S/c1-18-8-5-6-12-21(18)23-24-22(29-25-23)16-20-11-7-14-26(17-20)30(27,28)15-13-19-9-3-2-4-10-19/h2-6,8-10,12-13,15,20H,7,11,14,16-17H2,1H3/b15-13+. The normalized spacial score (nSPS) is 18.1. The number of hydrogen-bond acceptors (Lipinski definition) is 5. The molecule has 4 rings (SSSR count). The van der Waals surface area contributed by atoms with E-state index in [0.717, 1.165) is 29.5 Å². The van der Waals surface area contributed by atoms with Crippen molar-refractivity contribution >= 4 is 16.1 Å². The first kappa shape index (κ1) is 20.5. The van der Waals surface area contributed by atoms with Gasteiger partial charge in [-0.05, 0) is 42.9 Å². The van der Waals surface area contributed by atoms with E-state index in [4.69, 9.17) is 4.52 Å². The van der Waals surface area contributed by atoms with Gasteiger partial charge < -0.3 is 4.52 Å². The lowest BCUT2D eigenvalue weighted by atomic mass is 9.96.